The van der Waals surface area contributed by atoms with E-state index >= 15 is 0 Å². The van der Waals surface area contributed by atoms with Gasteiger partial charge in [0, 0.05) is 24.7 Å². The zero-order valence-electron chi connectivity index (χ0n) is 10.6. The van der Waals surface area contributed by atoms with Gasteiger partial charge in [-0.15, -0.1) is 10.2 Å². The van der Waals surface area contributed by atoms with Crippen molar-refractivity contribution in [3.05, 3.63) is 33.2 Å². The molecule has 0 atom stereocenters. The van der Waals surface area contributed by atoms with Gasteiger partial charge < -0.3 is 10.1 Å². The van der Waals surface area contributed by atoms with Gasteiger partial charge in [-0.3, -0.25) is 0 Å². The molecule has 0 fully saturated rings. The molecule has 0 amide bonds. The molecule has 0 bridgehead atoms. The number of aromatic nitrogens is 2. The molecule has 0 saturated heterocycles. The molecule has 2 aromatic rings. The molecular weight excluding hydrogens is 352 g/mol. The first-order chi connectivity index (χ1) is 9.61. The van der Waals surface area contributed by atoms with Crippen molar-refractivity contribution >= 4 is 27.3 Å². The Morgan fingerprint density at radius 1 is 1.30 bits per heavy atom. The average molecular weight is 364 g/mol. The van der Waals surface area contributed by atoms with E-state index in [1.165, 1.54) is 12.1 Å². The fraction of sp³-hybridized carbons (Fsp3) is 0.333. The standard InChI is InChI=1S/C12H12BrF2N3OS/c1-19-3-2-16-6-10-17-18-12(20-10)11-8(14)4-7(13)5-9(11)15/h4-5,16H,2-3,6H2,1H3. The molecule has 2 rings (SSSR count). The van der Waals surface area contributed by atoms with Gasteiger partial charge in [0.15, 0.2) is 5.01 Å². The maximum Gasteiger partial charge on any atom is 0.153 e. The number of hydrogen-bond acceptors (Lipinski definition) is 5. The van der Waals surface area contributed by atoms with Crippen LogP contribution in [0.1, 0.15) is 5.01 Å². The third kappa shape index (κ3) is 3.78. The zero-order chi connectivity index (χ0) is 14.5. The monoisotopic (exact) mass is 363 g/mol. The van der Waals surface area contributed by atoms with Gasteiger partial charge in [0.1, 0.15) is 16.6 Å². The van der Waals surface area contributed by atoms with Crippen molar-refractivity contribution in [3.8, 4) is 10.6 Å². The Hall–Kier alpha value is -0.960. The summed E-state index contributed by atoms with van der Waals surface area (Å²) in [6, 6.07) is 2.41. The quantitative estimate of drug-likeness (QED) is 0.801. The van der Waals surface area contributed by atoms with Crippen LogP contribution in [0.5, 0.6) is 0 Å². The van der Waals surface area contributed by atoms with Gasteiger partial charge in [-0.1, -0.05) is 27.3 Å². The van der Waals surface area contributed by atoms with Gasteiger partial charge in [-0.25, -0.2) is 8.78 Å². The van der Waals surface area contributed by atoms with Crippen LogP contribution in [-0.2, 0) is 11.3 Å². The first-order valence-corrected chi connectivity index (χ1v) is 7.39. The third-order valence-corrected chi connectivity index (χ3v) is 3.85. The number of halogens is 3. The van der Waals surface area contributed by atoms with E-state index < -0.39 is 11.6 Å². The Morgan fingerprint density at radius 2 is 2.00 bits per heavy atom. The molecule has 0 saturated carbocycles. The lowest BCUT2D eigenvalue weighted by Crippen LogP contribution is -2.18. The van der Waals surface area contributed by atoms with Crippen LogP contribution in [-0.4, -0.2) is 30.5 Å². The molecule has 1 aromatic carbocycles. The number of rotatable bonds is 6. The second-order valence-electron chi connectivity index (χ2n) is 3.91. The summed E-state index contributed by atoms with van der Waals surface area (Å²) >= 11 is 4.20. The number of benzene rings is 1. The normalized spacial score (nSPS) is 11.0. The van der Waals surface area contributed by atoms with Crippen molar-refractivity contribution in [1.82, 2.24) is 15.5 Å². The van der Waals surface area contributed by atoms with Gasteiger partial charge in [0.05, 0.1) is 12.2 Å². The molecule has 0 aliphatic carbocycles. The van der Waals surface area contributed by atoms with Crippen LogP contribution < -0.4 is 5.32 Å². The van der Waals surface area contributed by atoms with Crippen molar-refractivity contribution in [2.45, 2.75) is 6.54 Å². The van der Waals surface area contributed by atoms with Crippen molar-refractivity contribution in [2.24, 2.45) is 0 Å². The summed E-state index contributed by atoms with van der Waals surface area (Å²) < 4.78 is 32.8. The minimum Gasteiger partial charge on any atom is -0.383 e. The molecule has 0 unspecified atom stereocenters. The van der Waals surface area contributed by atoms with Crippen LogP contribution in [0.4, 0.5) is 8.78 Å². The highest BCUT2D eigenvalue weighted by Crippen LogP contribution is 2.30. The lowest BCUT2D eigenvalue weighted by molar-refractivity contribution is 0.199. The Labute approximate surface area is 127 Å². The Kier molecular flexibility index (Phi) is 5.53. The van der Waals surface area contributed by atoms with E-state index in [1.807, 2.05) is 0 Å². The predicted octanol–water partition coefficient (Wildman–Crippen LogP) is 2.98. The fourth-order valence-electron chi connectivity index (χ4n) is 1.54. The van der Waals surface area contributed by atoms with Crippen molar-refractivity contribution in [1.29, 1.82) is 0 Å². The van der Waals surface area contributed by atoms with E-state index in [4.69, 9.17) is 4.74 Å². The average Bonchev–Trinajstić information content (AvgIpc) is 2.82. The maximum absolute atomic E-state index is 13.8. The second-order valence-corrected chi connectivity index (χ2v) is 5.89. The van der Waals surface area contributed by atoms with E-state index in [1.54, 1.807) is 7.11 Å². The maximum atomic E-state index is 13.8. The fourth-order valence-corrected chi connectivity index (χ4v) is 2.80. The highest BCUT2D eigenvalue weighted by Gasteiger charge is 2.17. The molecule has 0 aliphatic rings. The number of nitrogens with zero attached hydrogens (tertiary/aromatic N) is 2. The van der Waals surface area contributed by atoms with E-state index in [9.17, 15) is 8.78 Å². The second kappa shape index (κ2) is 7.16. The van der Waals surface area contributed by atoms with Crippen LogP contribution in [0, 0.1) is 11.6 Å². The summed E-state index contributed by atoms with van der Waals surface area (Å²) in [4.78, 5) is 0. The Bertz CT molecular complexity index is 571. The highest BCUT2D eigenvalue weighted by molar-refractivity contribution is 9.10. The topological polar surface area (TPSA) is 47.0 Å². The summed E-state index contributed by atoms with van der Waals surface area (Å²) in [6.45, 7) is 1.74. The smallest absolute Gasteiger partial charge is 0.153 e. The van der Waals surface area contributed by atoms with E-state index in [0.717, 1.165) is 11.3 Å². The summed E-state index contributed by atoms with van der Waals surface area (Å²) in [6.07, 6.45) is 0. The van der Waals surface area contributed by atoms with Crippen LogP contribution in [0.15, 0.2) is 16.6 Å². The van der Waals surface area contributed by atoms with Gasteiger partial charge in [0.2, 0.25) is 0 Å². The summed E-state index contributed by atoms with van der Waals surface area (Å²) in [5, 5.41) is 11.7. The molecule has 1 aromatic heterocycles. The van der Waals surface area contributed by atoms with Gasteiger partial charge in [0.25, 0.3) is 0 Å². The first kappa shape index (κ1) is 15.4. The molecule has 1 N–H and O–H groups in total. The number of nitrogens with one attached hydrogen (secondary N) is 1. The van der Waals surface area contributed by atoms with E-state index in [0.29, 0.717) is 29.2 Å². The van der Waals surface area contributed by atoms with Crippen LogP contribution in [0.25, 0.3) is 10.6 Å². The SMILES string of the molecule is COCCNCc1nnc(-c2c(F)cc(Br)cc2F)s1. The van der Waals surface area contributed by atoms with Crippen molar-refractivity contribution in [2.75, 3.05) is 20.3 Å². The minimum absolute atomic E-state index is 0.145. The Balaban J connectivity index is 2.13. The van der Waals surface area contributed by atoms with Gasteiger partial charge in [-0.05, 0) is 12.1 Å². The minimum atomic E-state index is -0.660. The van der Waals surface area contributed by atoms with Crippen LogP contribution >= 0.6 is 27.3 Å². The third-order valence-electron chi connectivity index (χ3n) is 2.45. The summed E-state index contributed by atoms with van der Waals surface area (Å²) in [5.74, 6) is -1.32. The Morgan fingerprint density at radius 3 is 2.65 bits per heavy atom. The molecular formula is C12H12BrF2N3OS. The van der Waals surface area contributed by atoms with Gasteiger partial charge >= 0.3 is 0 Å². The number of hydrogen-bond donors (Lipinski definition) is 1. The first-order valence-electron chi connectivity index (χ1n) is 5.78. The summed E-state index contributed by atoms with van der Waals surface area (Å²) in [5.41, 5.74) is -0.145. The summed E-state index contributed by atoms with van der Waals surface area (Å²) in [7, 11) is 1.61. The highest BCUT2D eigenvalue weighted by atomic mass is 79.9. The lowest BCUT2D eigenvalue weighted by Gasteiger charge is -2.01. The van der Waals surface area contributed by atoms with Crippen LogP contribution in [0.2, 0.25) is 0 Å². The van der Waals surface area contributed by atoms with E-state index in [-0.39, 0.29) is 10.6 Å². The van der Waals surface area contributed by atoms with Crippen molar-refractivity contribution < 1.29 is 13.5 Å². The predicted molar refractivity (Wildman–Crippen MR) is 76.5 cm³/mol. The molecule has 20 heavy (non-hydrogen) atoms. The molecule has 0 spiro atoms. The van der Waals surface area contributed by atoms with Crippen molar-refractivity contribution in [3.63, 3.8) is 0 Å². The molecule has 8 heteroatoms. The molecule has 4 nitrogen and oxygen atoms in total. The van der Waals surface area contributed by atoms with E-state index in [2.05, 4.69) is 31.4 Å². The largest absolute Gasteiger partial charge is 0.383 e. The number of ether oxygens (including phenoxy) is 1. The molecule has 0 radical (unpaired) electrons. The lowest BCUT2D eigenvalue weighted by atomic mass is 10.2. The van der Waals surface area contributed by atoms with Crippen LogP contribution in [0.3, 0.4) is 0 Å². The molecule has 108 valence electrons. The molecule has 1 heterocycles. The molecule has 0 aliphatic heterocycles. The zero-order valence-corrected chi connectivity index (χ0v) is 13.0. The van der Waals surface area contributed by atoms with Gasteiger partial charge in [-0.2, -0.15) is 0 Å². The number of methoxy groups -OCH3 is 1.